The van der Waals surface area contributed by atoms with Crippen LogP contribution in [-0.4, -0.2) is 23.8 Å². The zero-order valence-corrected chi connectivity index (χ0v) is 11.4. The van der Waals surface area contributed by atoms with Gasteiger partial charge in [-0.15, -0.1) is 0 Å². The summed E-state index contributed by atoms with van der Waals surface area (Å²) in [6.07, 6.45) is 1.46. The van der Waals surface area contributed by atoms with E-state index in [0.29, 0.717) is 16.8 Å². The molecule has 0 saturated heterocycles. The van der Waals surface area contributed by atoms with Crippen LogP contribution in [-0.2, 0) is 0 Å². The first-order valence-corrected chi connectivity index (χ1v) is 6.23. The Bertz CT molecular complexity index is 641. The number of hydrogen-bond donors (Lipinski definition) is 2. The molecule has 5 nitrogen and oxygen atoms in total. The quantitative estimate of drug-likeness (QED) is 0.852. The molecule has 1 heterocycles. The third kappa shape index (κ3) is 3.33. The van der Waals surface area contributed by atoms with Gasteiger partial charge in [-0.25, -0.2) is 4.98 Å². The molecule has 0 atom stereocenters. The Labute approximate surface area is 121 Å². The molecule has 1 aromatic heterocycles. The van der Waals surface area contributed by atoms with Crippen LogP contribution in [0.1, 0.15) is 20.7 Å². The van der Waals surface area contributed by atoms with E-state index in [4.69, 9.17) is 11.6 Å². The predicted octanol–water partition coefficient (Wildman–Crippen LogP) is 2.35. The summed E-state index contributed by atoms with van der Waals surface area (Å²) in [6, 6.07) is 9.63. The number of amides is 2. The first-order chi connectivity index (χ1) is 9.60. The first-order valence-electron chi connectivity index (χ1n) is 5.85. The average Bonchev–Trinajstić information content (AvgIpc) is 2.47. The van der Waals surface area contributed by atoms with Gasteiger partial charge in [-0.2, -0.15) is 0 Å². The van der Waals surface area contributed by atoms with Gasteiger partial charge in [-0.05, 0) is 36.4 Å². The van der Waals surface area contributed by atoms with E-state index in [9.17, 15) is 9.59 Å². The lowest BCUT2D eigenvalue weighted by Crippen LogP contribution is -2.17. The number of anilines is 1. The van der Waals surface area contributed by atoms with Gasteiger partial charge >= 0.3 is 0 Å². The van der Waals surface area contributed by atoms with Gasteiger partial charge in [0, 0.05) is 30.1 Å². The Morgan fingerprint density at radius 3 is 2.35 bits per heavy atom. The Balaban J connectivity index is 2.10. The van der Waals surface area contributed by atoms with E-state index in [1.54, 1.807) is 37.4 Å². The van der Waals surface area contributed by atoms with E-state index in [-0.39, 0.29) is 17.0 Å². The van der Waals surface area contributed by atoms with Crippen molar-refractivity contribution in [2.75, 3.05) is 12.4 Å². The maximum absolute atomic E-state index is 12.0. The fourth-order valence-electron chi connectivity index (χ4n) is 1.60. The topological polar surface area (TPSA) is 71.1 Å². The molecular weight excluding hydrogens is 278 g/mol. The minimum atomic E-state index is -0.290. The summed E-state index contributed by atoms with van der Waals surface area (Å²) in [5, 5.41) is 5.50. The molecule has 6 heteroatoms. The van der Waals surface area contributed by atoms with Gasteiger partial charge in [0.15, 0.2) is 0 Å². The molecule has 2 N–H and O–H groups in total. The van der Waals surface area contributed by atoms with E-state index in [2.05, 4.69) is 15.6 Å². The Morgan fingerprint density at radius 2 is 1.75 bits per heavy atom. The molecule has 0 aliphatic heterocycles. The van der Waals surface area contributed by atoms with Crippen LogP contribution >= 0.6 is 11.6 Å². The molecule has 0 spiro atoms. The molecule has 0 aliphatic carbocycles. The fourth-order valence-corrected chi connectivity index (χ4v) is 1.77. The smallest absolute Gasteiger partial charge is 0.255 e. The summed E-state index contributed by atoms with van der Waals surface area (Å²) in [5.74, 6) is -0.467. The van der Waals surface area contributed by atoms with Crippen molar-refractivity contribution in [2.24, 2.45) is 0 Å². The van der Waals surface area contributed by atoms with Crippen LogP contribution in [0.15, 0.2) is 42.6 Å². The molecule has 20 heavy (non-hydrogen) atoms. The third-order valence-electron chi connectivity index (χ3n) is 2.62. The van der Waals surface area contributed by atoms with Crippen molar-refractivity contribution in [3.05, 3.63) is 58.9 Å². The number of hydrogen-bond acceptors (Lipinski definition) is 3. The van der Waals surface area contributed by atoms with Crippen LogP contribution in [0.4, 0.5) is 5.69 Å². The van der Waals surface area contributed by atoms with Crippen LogP contribution < -0.4 is 10.6 Å². The van der Waals surface area contributed by atoms with Gasteiger partial charge < -0.3 is 10.6 Å². The van der Waals surface area contributed by atoms with Crippen molar-refractivity contribution in [1.82, 2.24) is 10.3 Å². The van der Waals surface area contributed by atoms with E-state index in [1.165, 1.54) is 12.3 Å². The summed E-state index contributed by atoms with van der Waals surface area (Å²) in [4.78, 5) is 27.2. The zero-order valence-electron chi connectivity index (χ0n) is 10.7. The van der Waals surface area contributed by atoms with Crippen molar-refractivity contribution in [3.8, 4) is 0 Å². The van der Waals surface area contributed by atoms with Crippen LogP contribution in [0.5, 0.6) is 0 Å². The number of pyridine rings is 1. The first kappa shape index (κ1) is 14.0. The zero-order chi connectivity index (χ0) is 14.5. The Morgan fingerprint density at radius 1 is 1.05 bits per heavy atom. The number of nitrogens with one attached hydrogen (secondary N) is 2. The van der Waals surface area contributed by atoms with Gasteiger partial charge in [0.1, 0.15) is 5.15 Å². The summed E-state index contributed by atoms with van der Waals surface area (Å²) in [5.41, 5.74) is 1.54. The second kappa shape index (κ2) is 6.16. The lowest BCUT2D eigenvalue weighted by molar-refractivity contribution is 0.0962. The van der Waals surface area contributed by atoms with E-state index in [0.717, 1.165) is 0 Å². The maximum atomic E-state index is 12.0. The number of carbonyl (C=O) groups excluding carboxylic acids is 2. The van der Waals surface area contributed by atoms with Gasteiger partial charge in [-0.1, -0.05) is 11.6 Å². The molecule has 0 bridgehead atoms. The predicted molar refractivity (Wildman–Crippen MR) is 77.0 cm³/mol. The van der Waals surface area contributed by atoms with E-state index in [1.807, 2.05) is 0 Å². The number of aromatic nitrogens is 1. The highest BCUT2D eigenvalue weighted by molar-refractivity contribution is 6.29. The van der Waals surface area contributed by atoms with Crippen molar-refractivity contribution in [1.29, 1.82) is 0 Å². The average molecular weight is 290 g/mol. The third-order valence-corrected chi connectivity index (χ3v) is 2.83. The summed E-state index contributed by atoms with van der Waals surface area (Å²) in [6.45, 7) is 0. The molecule has 0 saturated carbocycles. The molecule has 0 radical (unpaired) electrons. The standard InChI is InChI=1S/C14H12ClN3O2/c1-16-13(19)9-2-4-11(5-3-9)18-14(20)10-6-7-17-12(15)8-10/h2-8H,1H3,(H,16,19)(H,18,20). The number of halogens is 1. The molecule has 0 aliphatic rings. The normalized spacial score (nSPS) is 9.90. The Hall–Kier alpha value is -2.40. The number of carbonyl (C=O) groups is 2. The Kier molecular flexibility index (Phi) is 4.32. The van der Waals surface area contributed by atoms with Crippen molar-refractivity contribution < 1.29 is 9.59 Å². The molecule has 2 aromatic rings. The number of rotatable bonds is 3. The minimum absolute atomic E-state index is 0.177. The molecule has 102 valence electrons. The van der Waals surface area contributed by atoms with Crippen molar-refractivity contribution in [3.63, 3.8) is 0 Å². The molecule has 1 aromatic carbocycles. The molecule has 0 fully saturated rings. The molecule has 0 unspecified atom stereocenters. The maximum Gasteiger partial charge on any atom is 0.255 e. The number of benzene rings is 1. The lowest BCUT2D eigenvalue weighted by Gasteiger charge is -2.06. The highest BCUT2D eigenvalue weighted by atomic mass is 35.5. The summed E-state index contributed by atoms with van der Waals surface area (Å²) >= 11 is 5.73. The van der Waals surface area contributed by atoms with Gasteiger partial charge in [0.2, 0.25) is 0 Å². The summed E-state index contributed by atoms with van der Waals surface area (Å²) in [7, 11) is 1.56. The SMILES string of the molecule is CNC(=O)c1ccc(NC(=O)c2ccnc(Cl)c2)cc1. The fraction of sp³-hybridized carbons (Fsp3) is 0.0714. The van der Waals surface area contributed by atoms with Gasteiger partial charge in [-0.3, -0.25) is 9.59 Å². The van der Waals surface area contributed by atoms with E-state index < -0.39 is 0 Å². The molecular formula is C14H12ClN3O2. The van der Waals surface area contributed by atoms with E-state index >= 15 is 0 Å². The highest BCUT2D eigenvalue weighted by Gasteiger charge is 2.08. The summed E-state index contributed by atoms with van der Waals surface area (Å²) < 4.78 is 0. The molecule has 2 amide bonds. The largest absolute Gasteiger partial charge is 0.355 e. The number of nitrogens with zero attached hydrogens (tertiary/aromatic N) is 1. The van der Waals surface area contributed by atoms with Crippen LogP contribution in [0.25, 0.3) is 0 Å². The second-order valence-electron chi connectivity index (χ2n) is 3.98. The van der Waals surface area contributed by atoms with Gasteiger partial charge in [0.25, 0.3) is 11.8 Å². The lowest BCUT2D eigenvalue weighted by atomic mass is 10.2. The van der Waals surface area contributed by atoms with Crippen LogP contribution in [0, 0.1) is 0 Å². The highest BCUT2D eigenvalue weighted by Crippen LogP contribution is 2.13. The van der Waals surface area contributed by atoms with Crippen molar-refractivity contribution in [2.45, 2.75) is 0 Å². The van der Waals surface area contributed by atoms with Gasteiger partial charge in [0.05, 0.1) is 0 Å². The van der Waals surface area contributed by atoms with Crippen LogP contribution in [0.2, 0.25) is 5.15 Å². The second-order valence-corrected chi connectivity index (χ2v) is 4.37. The minimum Gasteiger partial charge on any atom is -0.355 e. The van der Waals surface area contributed by atoms with Crippen LogP contribution in [0.3, 0.4) is 0 Å². The van der Waals surface area contributed by atoms with Crippen molar-refractivity contribution >= 4 is 29.1 Å². The monoisotopic (exact) mass is 289 g/mol. The molecule has 2 rings (SSSR count).